The number of carbonyl (C=O) groups is 2. The van der Waals surface area contributed by atoms with Gasteiger partial charge in [0.1, 0.15) is 5.60 Å². The number of nitrogens with zero attached hydrogens (tertiary/aromatic N) is 1. The highest BCUT2D eigenvalue weighted by atomic mass is 16.6. The second-order valence-corrected chi connectivity index (χ2v) is 6.10. The number of esters is 1. The highest BCUT2D eigenvalue weighted by Crippen LogP contribution is 2.18. The summed E-state index contributed by atoms with van der Waals surface area (Å²) in [5.41, 5.74) is 1.16. The lowest BCUT2D eigenvalue weighted by Crippen LogP contribution is -2.34. The second-order valence-electron chi connectivity index (χ2n) is 6.10. The first kappa shape index (κ1) is 19.5. The van der Waals surface area contributed by atoms with Gasteiger partial charge in [-0.3, -0.25) is 4.90 Å². The van der Waals surface area contributed by atoms with E-state index >= 15 is 0 Å². The molecular formula is C19H25NO4. The summed E-state index contributed by atoms with van der Waals surface area (Å²) < 4.78 is 10.1. The highest BCUT2D eigenvalue weighted by Gasteiger charge is 2.20. The first-order valence-electron chi connectivity index (χ1n) is 7.81. The molecule has 1 amide bonds. The fraction of sp³-hybridized carbons (Fsp3) is 0.368. The van der Waals surface area contributed by atoms with Gasteiger partial charge in [-0.2, -0.15) is 0 Å². The number of hydrogen-bond acceptors (Lipinski definition) is 4. The summed E-state index contributed by atoms with van der Waals surface area (Å²) in [6.07, 6.45) is 6.20. The second kappa shape index (κ2) is 8.91. The van der Waals surface area contributed by atoms with E-state index in [1.54, 1.807) is 26.1 Å². The van der Waals surface area contributed by atoms with Crippen molar-refractivity contribution in [1.82, 2.24) is 0 Å². The van der Waals surface area contributed by atoms with Crippen LogP contribution in [0, 0.1) is 0 Å². The van der Waals surface area contributed by atoms with Crippen molar-refractivity contribution in [3.05, 3.63) is 48.1 Å². The molecule has 0 radical (unpaired) electrons. The SMILES string of the molecule is CCOC(=O)/C=C/C=C/c1ccc(N(C)C(=O)OC(C)(C)C)cc1. The fourth-order valence-corrected chi connectivity index (χ4v) is 1.74. The molecule has 0 bridgehead atoms. The summed E-state index contributed by atoms with van der Waals surface area (Å²) in [6, 6.07) is 7.42. The van der Waals surface area contributed by atoms with Crippen LogP contribution in [0.25, 0.3) is 6.08 Å². The smallest absolute Gasteiger partial charge is 0.414 e. The Bertz CT molecular complexity index is 609. The lowest BCUT2D eigenvalue weighted by atomic mass is 10.2. The lowest BCUT2D eigenvalue weighted by Gasteiger charge is -2.24. The van der Waals surface area contributed by atoms with Crippen molar-refractivity contribution in [1.29, 1.82) is 0 Å². The third kappa shape index (κ3) is 7.13. The molecule has 1 aromatic rings. The topological polar surface area (TPSA) is 55.8 Å². The molecule has 0 atom stereocenters. The van der Waals surface area contributed by atoms with Gasteiger partial charge in [0, 0.05) is 18.8 Å². The van der Waals surface area contributed by atoms with Crippen molar-refractivity contribution in [2.75, 3.05) is 18.6 Å². The molecule has 0 N–H and O–H groups in total. The van der Waals surface area contributed by atoms with Crippen molar-refractivity contribution in [3.8, 4) is 0 Å². The van der Waals surface area contributed by atoms with Gasteiger partial charge in [-0.05, 0) is 45.4 Å². The summed E-state index contributed by atoms with van der Waals surface area (Å²) >= 11 is 0. The summed E-state index contributed by atoms with van der Waals surface area (Å²) in [4.78, 5) is 24.6. The van der Waals surface area contributed by atoms with E-state index in [1.807, 2.05) is 51.1 Å². The molecule has 130 valence electrons. The van der Waals surface area contributed by atoms with Crippen molar-refractivity contribution in [3.63, 3.8) is 0 Å². The van der Waals surface area contributed by atoms with Gasteiger partial charge < -0.3 is 9.47 Å². The van der Waals surface area contributed by atoms with Gasteiger partial charge in [-0.25, -0.2) is 9.59 Å². The maximum Gasteiger partial charge on any atom is 0.414 e. The first-order valence-corrected chi connectivity index (χ1v) is 7.81. The van der Waals surface area contributed by atoms with Crippen LogP contribution in [0.1, 0.15) is 33.3 Å². The number of benzene rings is 1. The predicted molar refractivity (Wildman–Crippen MR) is 95.9 cm³/mol. The normalized spacial score (nSPS) is 11.7. The standard InChI is InChI=1S/C19H25NO4/c1-6-23-17(21)10-8-7-9-15-11-13-16(14-12-15)20(5)18(22)24-19(2,3)4/h7-14H,6H2,1-5H3/b9-7+,10-8+. The Morgan fingerprint density at radius 2 is 1.75 bits per heavy atom. The van der Waals surface area contributed by atoms with Crippen LogP contribution in [0.2, 0.25) is 0 Å². The maximum atomic E-state index is 12.0. The van der Waals surface area contributed by atoms with E-state index in [-0.39, 0.29) is 5.97 Å². The molecule has 0 heterocycles. The van der Waals surface area contributed by atoms with Crippen LogP contribution in [-0.2, 0) is 14.3 Å². The lowest BCUT2D eigenvalue weighted by molar-refractivity contribution is -0.137. The summed E-state index contributed by atoms with van der Waals surface area (Å²) in [5.74, 6) is -0.364. The third-order valence-electron chi connectivity index (χ3n) is 2.87. The number of hydrogen-bond donors (Lipinski definition) is 0. The van der Waals surface area contributed by atoms with Gasteiger partial charge in [-0.15, -0.1) is 0 Å². The molecule has 0 fully saturated rings. The third-order valence-corrected chi connectivity index (χ3v) is 2.87. The molecule has 0 unspecified atom stereocenters. The zero-order valence-electron chi connectivity index (χ0n) is 14.9. The average molecular weight is 331 g/mol. The van der Waals surface area contributed by atoms with Gasteiger partial charge >= 0.3 is 12.1 Å². The number of amides is 1. The van der Waals surface area contributed by atoms with Crippen LogP contribution >= 0.6 is 0 Å². The van der Waals surface area contributed by atoms with Gasteiger partial charge in [0.15, 0.2) is 0 Å². The van der Waals surface area contributed by atoms with E-state index in [4.69, 9.17) is 9.47 Å². The Labute approximate surface area is 143 Å². The molecule has 0 saturated carbocycles. The predicted octanol–water partition coefficient (Wildman–Crippen LogP) is 4.19. The van der Waals surface area contributed by atoms with Gasteiger partial charge in [0.05, 0.1) is 6.61 Å². The van der Waals surface area contributed by atoms with E-state index < -0.39 is 11.7 Å². The van der Waals surface area contributed by atoms with Crippen LogP contribution in [0.15, 0.2) is 42.5 Å². The molecule has 5 nitrogen and oxygen atoms in total. The van der Waals surface area contributed by atoms with Gasteiger partial charge in [0.2, 0.25) is 0 Å². The van der Waals surface area contributed by atoms with Crippen LogP contribution in [0.4, 0.5) is 10.5 Å². The Kier molecular flexibility index (Phi) is 7.24. The summed E-state index contributed by atoms with van der Waals surface area (Å²) in [6.45, 7) is 7.61. The Balaban J connectivity index is 2.65. The molecular weight excluding hydrogens is 306 g/mol. The molecule has 0 saturated heterocycles. The minimum absolute atomic E-state index is 0.361. The van der Waals surface area contributed by atoms with E-state index in [9.17, 15) is 9.59 Å². The quantitative estimate of drug-likeness (QED) is 0.461. The zero-order chi connectivity index (χ0) is 18.2. The minimum Gasteiger partial charge on any atom is -0.463 e. The van der Waals surface area contributed by atoms with Crippen molar-refractivity contribution >= 4 is 23.8 Å². The minimum atomic E-state index is -0.528. The van der Waals surface area contributed by atoms with E-state index in [2.05, 4.69) is 0 Å². The molecule has 1 aromatic carbocycles. The maximum absolute atomic E-state index is 12.0. The van der Waals surface area contributed by atoms with Crippen molar-refractivity contribution < 1.29 is 19.1 Å². The monoisotopic (exact) mass is 331 g/mol. The summed E-state index contributed by atoms with van der Waals surface area (Å²) in [7, 11) is 1.67. The largest absolute Gasteiger partial charge is 0.463 e. The van der Waals surface area contributed by atoms with E-state index in [0.717, 1.165) is 11.3 Å². The first-order chi connectivity index (χ1) is 11.2. The van der Waals surface area contributed by atoms with Gasteiger partial charge in [-0.1, -0.05) is 30.4 Å². The zero-order valence-corrected chi connectivity index (χ0v) is 14.9. The van der Waals surface area contributed by atoms with Crippen molar-refractivity contribution in [2.24, 2.45) is 0 Å². The Morgan fingerprint density at radius 3 is 2.29 bits per heavy atom. The molecule has 0 aliphatic heterocycles. The molecule has 0 spiro atoms. The Morgan fingerprint density at radius 1 is 1.12 bits per heavy atom. The number of ether oxygens (including phenoxy) is 2. The van der Waals surface area contributed by atoms with Crippen LogP contribution in [0.5, 0.6) is 0 Å². The van der Waals surface area contributed by atoms with E-state index in [1.165, 1.54) is 11.0 Å². The number of rotatable bonds is 5. The molecule has 0 aliphatic carbocycles. The fourth-order valence-electron chi connectivity index (χ4n) is 1.74. The molecule has 1 rings (SSSR count). The number of allylic oxidation sites excluding steroid dienone is 2. The van der Waals surface area contributed by atoms with Crippen molar-refractivity contribution in [2.45, 2.75) is 33.3 Å². The molecule has 0 aliphatic rings. The number of anilines is 1. The van der Waals surface area contributed by atoms with Crippen LogP contribution < -0.4 is 4.90 Å². The molecule has 24 heavy (non-hydrogen) atoms. The highest BCUT2D eigenvalue weighted by molar-refractivity contribution is 5.87. The Hall–Kier alpha value is -2.56. The number of carbonyl (C=O) groups excluding carboxylic acids is 2. The van der Waals surface area contributed by atoms with Crippen LogP contribution in [0.3, 0.4) is 0 Å². The summed E-state index contributed by atoms with van der Waals surface area (Å²) in [5, 5.41) is 0. The van der Waals surface area contributed by atoms with Gasteiger partial charge in [0.25, 0.3) is 0 Å². The van der Waals surface area contributed by atoms with Crippen LogP contribution in [-0.4, -0.2) is 31.3 Å². The molecule has 0 aromatic heterocycles. The average Bonchev–Trinajstić information content (AvgIpc) is 2.50. The van der Waals surface area contributed by atoms with E-state index in [0.29, 0.717) is 6.61 Å². The molecule has 5 heteroatoms.